The maximum atomic E-state index is 5.99. The third-order valence-corrected chi connectivity index (χ3v) is 5.80. The van der Waals surface area contributed by atoms with Crippen molar-refractivity contribution in [3.63, 3.8) is 0 Å². The lowest BCUT2D eigenvalue weighted by atomic mass is 10.0. The third kappa shape index (κ3) is 6.64. The Balaban J connectivity index is 1.48. The highest BCUT2D eigenvalue weighted by atomic mass is 32.2. The van der Waals surface area contributed by atoms with Crippen LogP contribution in [0.25, 0.3) is 0 Å². The number of benzene rings is 1. The van der Waals surface area contributed by atoms with E-state index in [0.717, 1.165) is 36.5 Å². The SMILES string of the molecule is Cc1ccccc1C(SCCN=C(N)NCCCc1c[nH]cn1)c1ccccn1. The quantitative estimate of drug-likeness (QED) is 0.271. The number of aromatic amines is 1. The van der Waals surface area contributed by atoms with Crippen molar-refractivity contribution in [2.75, 3.05) is 18.8 Å². The van der Waals surface area contributed by atoms with Crippen LogP contribution in [0.1, 0.15) is 34.2 Å². The molecule has 0 radical (unpaired) electrons. The van der Waals surface area contributed by atoms with Gasteiger partial charge in [0, 0.05) is 24.7 Å². The van der Waals surface area contributed by atoms with E-state index < -0.39 is 0 Å². The lowest BCUT2D eigenvalue weighted by molar-refractivity contribution is 0.756. The largest absolute Gasteiger partial charge is 0.370 e. The number of hydrogen-bond acceptors (Lipinski definition) is 4. The molecular weight excluding hydrogens is 380 g/mol. The summed E-state index contributed by atoms with van der Waals surface area (Å²) in [6.07, 6.45) is 7.35. The van der Waals surface area contributed by atoms with Crippen LogP contribution in [-0.4, -0.2) is 39.8 Å². The Kier molecular flexibility index (Phi) is 8.12. The summed E-state index contributed by atoms with van der Waals surface area (Å²) in [6.45, 7) is 3.60. The molecule has 4 N–H and O–H groups in total. The fourth-order valence-electron chi connectivity index (χ4n) is 3.05. The number of nitrogens with zero attached hydrogens (tertiary/aromatic N) is 3. The summed E-state index contributed by atoms with van der Waals surface area (Å²) >= 11 is 1.85. The van der Waals surface area contributed by atoms with Crippen LogP contribution in [0.5, 0.6) is 0 Å². The van der Waals surface area contributed by atoms with E-state index in [9.17, 15) is 0 Å². The Hall–Kier alpha value is -2.80. The van der Waals surface area contributed by atoms with Gasteiger partial charge in [-0.15, -0.1) is 11.8 Å². The lowest BCUT2D eigenvalue weighted by Crippen LogP contribution is -2.32. The zero-order valence-corrected chi connectivity index (χ0v) is 17.5. The molecule has 2 heterocycles. The number of aryl methyl sites for hydroxylation is 2. The molecule has 1 aromatic carbocycles. The van der Waals surface area contributed by atoms with E-state index >= 15 is 0 Å². The summed E-state index contributed by atoms with van der Waals surface area (Å²) < 4.78 is 0. The molecule has 0 saturated heterocycles. The molecule has 1 atom stereocenters. The maximum Gasteiger partial charge on any atom is 0.188 e. The molecule has 7 heteroatoms. The van der Waals surface area contributed by atoms with E-state index in [-0.39, 0.29) is 5.25 Å². The number of nitrogens with one attached hydrogen (secondary N) is 2. The van der Waals surface area contributed by atoms with Gasteiger partial charge in [0.1, 0.15) is 0 Å². The average Bonchev–Trinajstić information content (AvgIpc) is 3.26. The first kappa shape index (κ1) is 20.9. The highest BCUT2D eigenvalue weighted by Gasteiger charge is 2.17. The second-order valence-corrected chi connectivity index (χ2v) is 7.93. The van der Waals surface area contributed by atoms with Gasteiger partial charge in [0.15, 0.2) is 5.96 Å². The van der Waals surface area contributed by atoms with Crippen LogP contribution >= 0.6 is 11.8 Å². The summed E-state index contributed by atoms with van der Waals surface area (Å²) in [7, 11) is 0. The fraction of sp³-hybridized carbons (Fsp3) is 0.318. The van der Waals surface area contributed by atoms with Crippen LogP contribution in [0.4, 0.5) is 0 Å². The zero-order chi connectivity index (χ0) is 20.3. The number of pyridine rings is 1. The minimum absolute atomic E-state index is 0.190. The molecule has 0 spiro atoms. The molecule has 0 aliphatic heterocycles. The Labute approximate surface area is 176 Å². The van der Waals surface area contributed by atoms with Crippen molar-refractivity contribution < 1.29 is 0 Å². The fourth-order valence-corrected chi connectivity index (χ4v) is 4.24. The predicted octanol–water partition coefficient (Wildman–Crippen LogP) is 3.47. The first-order chi connectivity index (χ1) is 14.2. The van der Waals surface area contributed by atoms with Crippen molar-refractivity contribution in [3.05, 3.63) is 83.7 Å². The minimum atomic E-state index is 0.190. The van der Waals surface area contributed by atoms with E-state index in [1.54, 1.807) is 6.33 Å². The van der Waals surface area contributed by atoms with Crippen molar-refractivity contribution in [2.24, 2.45) is 10.7 Å². The number of aromatic nitrogens is 3. The molecule has 0 amide bonds. The molecular formula is C22H28N6S. The van der Waals surface area contributed by atoms with E-state index in [4.69, 9.17) is 5.73 Å². The molecule has 6 nitrogen and oxygen atoms in total. The van der Waals surface area contributed by atoms with E-state index in [0.29, 0.717) is 12.5 Å². The molecule has 3 rings (SSSR count). The average molecular weight is 409 g/mol. The van der Waals surface area contributed by atoms with Crippen molar-refractivity contribution in [2.45, 2.75) is 25.0 Å². The highest BCUT2D eigenvalue weighted by Crippen LogP contribution is 2.35. The maximum absolute atomic E-state index is 5.99. The van der Waals surface area contributed by atoms with Crippen LogP contribution in [0, 0.1) is 6.92 Å². The van der Waals surface area contributed by atoms with Crippen LogP contribution in [0.2, 0.25) is 0 Å². The normalized spacial score (nSPS) is 12.7. The van der Waals surface area contributed by atoms with Crippen LogP contribution in [0.3, 0.4) is 0 Å². The first-order valence-corrected chi connectivity index (χ1v) is 10.9. The van der Waals surface area contributed by atoms with Crippen LogP contribution < -0.4 is 11.1 Å². The molecule has 0 aliphatic rings. The molecule has 0 bridgehead atoms. The molecule has 0 saturated carbocycles. The van der Waals surface area contributed by atoms with E-state index in [1.165, 1.54) is 11.1 Å². The number of H-pyrrole nitrogens is 1. The standard InChI is InChI=1S/C22H28N6S/c1-17-7-2-3-9-19(17)21(20-10-4-5-11-25-20)29-14-13-27-22(23)26-12-6-8-18-15-24-16-28-18/h2-5,7,9-11,15-16,21H,6,8,12-14H2,1H3,(H,24,28)(H3,23,26,27). The monoisotopic (exact) mass is 408 g/mol. The second kappa shape index (κ2) is 11.3. The van der Waals surface area contributed by atoms with Gasteiger partial charge in [-0.05, 0) is 43.0 Å². The summed E-state index contributed by atoms with van der Waals surface area (Å²) in [5.74, 6) is 1.36. The smallest absolute Gasteiger partial charge is 0.188 e. The number of nitrogens with two attached hydrogens (primary N) is 1. The van der Waals surface area contributed by atoms with Gasteiger partial charge in [0.25, 0.3) is 0 Å². The van der Waals surface area contributed by atoms with Gasteiger partial charge >= 0.3 is 0 Å². The molecule has 0 aliphatic carbocycles. The number of rotatable bonds is 10. The summed E-state index contributed by atoms with van der Waals surface area (Å²) in [5, 5.41) is 3.36. The first-order valence-electron chi connectivity index (χ1n) is 9.83. The van der Waals surface area contributed by atoms with Crippen molar-refractivity contribution in [1.29, 1.82) is 0 Å². The van der Waals surface area contributed by atoms with E-state index in [2.05, 4.69) is 62.5 Å². The summed E-state index contributed by atoms with van der Waals surface area (Å²) in [4.78, 5) is 16.2. The Morgan fingerprint density at radius 2 is 2.07 bits per heavy atom. The predicted molar refractivity (Wildman–Crippen MR) is 121 cm³/mol. The van der Waals surface area contributed by atoms with Gasteiger partial charge in [-0.3, -0.25) is 9.98 Å². The van der Waals surface area contributed by atoms with Crippen LogP contribution in [0.15, 0.2) is 66.2 Å². The number of thioether (sulfide) groups is 1. The van der Waals surface area contributed by atoms with Gasteiger partial charge in [0.2, 0.25) is 0 Å². The van der Waals surface area contributed by atoms with Gasteiger partial charge < -0.3 is 16.0 Å². The second-order valence-electron chi connectivity index (χ2n) is 6.72. The molecule has 152 valence electrons. The topological polar surface area (TPSA) is 92.0 Å². The summed E-state index contributed by atoms with van der Waals surface area (Å²) in [5.41, 5.74) is 10.7. The molecule has 1 unspecified atom stereocenters. The number of hydrogen-bond donors (Lipinski definition) is 3. The van der Waals surface area contributed by atoms with Crippen molar-refractivity contribution >= 4 is 17.7 Å². The Morgan fingerprint density at radius 3 is 2.83 bits per heavy atom. The molecule has 3 aromatic rings. The Morgan fingerprint density at radius 1 is 1.21 bits per heavy atom. The molecule has 29 heavy (non-hydrogen) atoms. The Bertz CT molecular complexity index is 879. The van der Waals surface area contributed by atoms with Crippen molar-refractivity contribution in [1.82, 2.24) is 20.3 Å². The van der Waals surface area contributed by atoms with E-state index in [1.807, 2.05) is 36.3 Å². The third-order valence-electron chi connectivity index (χ3n) is 4.56. The van der Waals surface area contributed by atoms with Gasteiger partial charge in [-0.1, -0.05) is 30.3 Å². The number of imidazole rings is 1. The summed E-state index contributed by atoms with van der Waals surface area (Å²) in [6, 6.07) is 14.6. The van der Waals surface area contributed by atoms with Gasteiger partial charge in [-0.25, -0.2) is 4.98 Å². The minimum Gasteiger partial charge on any atom is -0.370 e. The van der Waals surface area contributed by atoms with Crippen LogP contribution in [-0.2, 0) is 6.42 Å². The zero-order valence-electron chi connectivity index (χ0n) is 16.7. The number of aliphatic imine (C=N–C) groups is 1. The van der Waals surface area contributed by atoms with Gasteiger partial charge in [0.05, 0.1) is 29.5 Å². The highest BCUT2D eigenvalue weighted by molar-refractivity contribution is 7.99. The van der Waals surface area contributed by atoms with Crippen molar-refractivity contribution in [3.8, 4) is 0 Å². The lowest BCUT2D eigenvalue weighted by Gasteiger charge is -2.18. The molecule has 0 fully saturated rings. The van der Waals surface area contributed by atoms with Gasteiger partial charge in [-0.2, -0.15) is 0 Å². The molecule has 2 aromatic heterocycles. The number of guanidine groups is 1.